The van der Waals surface area contributed by atoms with Gasteiger partial charge < -0.3 is 24.8 Å². The molecule has 1 heterocycles. The van der Waals surface area contributed by atoms with Crippen LogP contribution in [0.1, 0.15) is 81.3 Å². The SMILES string of the molecule is Cc1ccc(-c2cccc3c2C=C(CC(C)C)[CH]3[Hf+2]2([CH]3C(CC(C)C)=Cc4c(-c5ccc(C)cc5)cccc43)[CH2][CH2]2)cc1.[Cl-].[Cl-]. The zero-order chi connectivity index (χ0) is 29.9. The van der Waals surface area contributed by atoms with E-state index in [0.717, 1.165) is 0 Å². The minimum absolute atomic E-state index is 0. The van der Waals surface area contributed by atoms with Gasteiger partial charge in [-0.15, -0.1) is 0 Å². The third-order valence-corrected chi connectivity index (χ3v) is 29.4. The zero-order valence-corrected chi connectivity index (χ0v) is 32.7. The fraction of sp³-hybridized carbons (Fsp3) is 0.333. The summed E-state index contributed by atoms with van der Waals surface area (Å²) in [4.78, 5) is 0. The molecule has 2 aliphatic carbocycles. The van der Waals surface area contributed by atoms with Crippen molar-refractivity contribution in [2.75, 3.05) is 0 Å². The first-order valence-corrected chi connectivity index (χ1v) is 25.8. The van der Waals surface area contributed by atoms with Crippen molar-refractivity contribution in [3.63, 3.8) is 0 Å². The van der Waals surface area contributed by atoms with Gasteiger partial charge in [-0.2, -0.15) is 0 Å². The Kier molecular flexibility index (Phi) is 10.2. The van der Waals surface area contributed by atoms with E-state index in [1.165, 1.54) is 65.7 Å². The minimum atomic E-state index is -2.95. The number of hydrogen-bond acceptors (Lipinski definition) is 0. The molecular formula is C42H46Cl2Hf. The molecule has 0 aromatic heterocycles. The van der Waals surface area contributed by atoms with Crippen LogP contribution in [-0.4, -0.2) is 0 Å². The number of hydrogen-bond donors (Lipinski definition) is 0. The van der Waals surface area contributed by atoms with Gasteiger partial charge in [0, 0.05) is 0 Å². The topological polar surface area (TPSA) is 0 Å². The molecule has 4 aromatic rings. The van der Waals surface area contributed by atoms with E-state index in [-0.39, 0.29) is 24.8 Å². The van der Waals surface area contributed by atoms with Gasteiger partial charge in [-0.25, -0.2) is 0 Å². The van der Waals surface area contributed by atoms with Crippen LogP contribution in [0, 0.1) is 25.7 Å². The van der Waals surface area contributed by atoms with Crippen LogP contribution in [0.4, 0.5) is 0 Å². The average Bonchev–Trinajstić information content (AvgIpc) is 3.53. The number of allylic oxidation sites excluding steroid dienone is 2. The molecule has 0 radical (unpaired) electrons. The van der Waals surface area contributed by atoms with Gasteiger partial charge >= 0.3 is 266 Å². The summed E-state index contributed by atoms with van der Waals surface area (Å²) >= 11 is -2.95. The average molecular weight is 800 g/mol. The zero-order valence-electron chi connectivity index (χ0n) is 27.6. The van der Waals surface area contributed by atoms with Gasteiger partial charge in [-0.3, -0.25) is 0 Å². The second kappa shape index (κ2) is 13.5. The second-order valence-electron chi connectivity index (χ2n) is 14.6. The van der Waals surface area contributed by atoms with Crippen molar-refractivity contribution in [2.45, 2.75) is 70.1 Å². The number of rotatable bonds is 8. The maximum absolute atomic E-state index is 2.95. The molecule has 0 bridgehead atoms. The van der Waals surface area contributed by atoms with Crippen molar-refractivity contribution in [2.24, 2.45) is 11.8 Å². The van der Waals surface area contributed by atoms with E-state index in [1.54, 1.807) is 22.3 Å². The molecule has 2 atom stereocenters. The number of benzene rings is 4. The van der Waals surface area contributed by atoms with E-state index in [4.69, 9.17) is 0 Å². The van der Waals surface area contributed by atoms with E-state index in [2.05, 4.69) is 139 Å². The Balaban J connectivity index is 0.00000200. The summed E-state index contributed by atoms with van der Waals surface area (Å²) in [6, 6.07) is 32.9. The van der Waals surface area contributed by atoms with E-state index < -0.39 is 20.0 Å². The molecule has 2 unspecified atom stereocenters. The maximum atomic E-state index is 2.67. The second-order valence-corrected chi connectivity index (χ2v) is 31.2. The number of aryl methyl sites for hydroxylation is 2. The smallest absolute Gasteiger partial charge is 1.00 e. The summed E-state index contributed by atoms with van der Waals surface area (Å²) in [7, 11) is 0. The Labute approximate surface area is 288 Å². The minimum Gasteiger partial charge on any atom is -1.00 e. The van der Waals surface area contributed by atoms with Gasteiger partial charge in [0.15, 0.2) is 0 Å². The molecule has 232 valence electrons. The van der Waals surface area contributed by atoms with Gasteiger partial charge in [0.25, 0.3) is 0 Å². The molecule has 0 saturated carbocycles. The molecule has 0 amide bonds. The molecule has 1 saturated heterocycles. The monoisotopic (exact) mass is 800 g/mol. The van der Waals surface area contributed by atoms with Crippen molar-refractivity contribution >= 4 is 12.2 Å². The molecule has 1 fully saturated rings. The number of halogens is 2. The van der Waals surface area contributed by atoms with Gasteiger partial charge in [0.05, 0.1) is 0 Å². The van der Waals surface area contributed by atoms with E-state index in [0.29, 0.717) is 19.2 Å². The Bertz CT molecular complexity index is 1610. The third kappa shape index (κ3) is 6.27. The van der Waals surface area contributed by atoms with Crippen molar-refractivity contribution in [3.05, 3.63) is 129 Å². The van der Waals surface area contributed by atoms with Crippen molar-refractivity contribution in [3.8, 4) is 22.3 Å². The molecule has 3 aliphatic rings. The predicted molar refractivity (Wildman–Crippen MR) is 183 cm³/mol. The van der Waals surface area contributed by atoms with E-state index in [9.17, 15) is 0 Å². The Morgan fingerprint density at radius 1 is 0.556 bits per heavy atom. The van der Waals surface area contributed by atoms with Crippen molar-refractivity contribution < 1.29 is 44.8 Å². The van der Waals surface area contributed by atoms with Gasteiger partial charge in [0.2, 0.25) is 0 Å². The van der Waals surface area contributed by atoms with E-state index in [1.807, 2.05) is 0 Å². The summed E-state index contributed by atoms with van der Waals surface area (Å²) in [6.45, 7) is 14.0. The quantitative estimate of drug-likeness (QED) is 0.183. The molecule has 4 aromatic carbocycles. The van der Waals surface area contributed by atoms with Gasteiger partial charge in [0.1, 0.15) is 0 Å². The molecule has 7 rings (SSSR count). The maximum Gasteiger partial charge on any atom is -1.00 e. The first-order chi connectivity index (χ1) is 20.7. The summed E-state index contributed by atoms with van der Waals surface area (Å²) < 4.78 is 4.44. The molecule has 0 spiro atoms. The van der Waals surface area contributed by atoms with Crippen LogP contribution in [0.25, 0.3) is 34.4 Å². The van der Waals surface area contributed by atoms with Gasteiger partial charge in [-0.1, -0.05) is 0 Å². The van der Waals surface area contributed by atoms with Crippen LogP contribution in [0.3, 0.4) is 0 Å². The first-order valence-electron chi connectivity index (χ1n) is 16.6. The standard InChI is InChI=1S/2C20H21.C2H4.2ClH.Hf/c2*1-14(2)11-16-12-18-5-4-6-19(20(18)13-16)17-9-7-15(3)8-10-17;1-2;;;/h2*4-10,12-14H,11H2,1-3H3;1-2H2;2*1H;/q;;;;;+2/p-2. The van der Waals surface area contributed by atoms with Crippen LogP contribution in [-0.2, 0) is 20.0 Å². The number of fused-ring (bicyclic) bond motifs is 2. The molecule has 45 heavy (non-hydrogen) atoms. The van der Waals surface area contributed by atoms with Crippen molar-refractivity contribution in [1.82, 2.24) is 0 Å². The normalized spacial score (nSPS) is 18.2. The van der Waals surface area contributed by atoms with Gasteiger partial charge in [-0.05, 0) is 0 Å². The fourth-order valence-electron chi connectivity index (χ4n) is 8.44. The van der Waals surface area contributed by atoms with Crippen LogP contribution in [0.2, 0.25) is 8.35 Å². The summed E-state index contributed by atoms with van der Waals surface area (Å²) in [5.41, 5.74) is 18.1. The molecule has 0 N–H and O–H groups in total. The summed E-state index contributed by atoms with van der Waals surface area (Å²) in [5, 5.41) is 0. The largest absolute Gasteiger partial charge is 1.00 e. The molecule has 1 aliphatic heterocycles. The van der Waals surface area contributed by atoms with Crippen LogP contribution in [0.15, 0.2) is 96.1 Å². The Morgan fingerprint density at radius 2 is 0.933 bits per heavy atom. The van der Waals surface area contributed by atoms with Crippen LogP contribution < -0.4 is 24.8 Å². The fourth-order valence-corrected chi connectivity index (χ4v) is 36.3. The predicted octanol–water partition coefficient (Wildman–Crippen LogP) is 6.32. The Hall–Kier alpha value is -2.19. The van der Waals surface area contributed by atoms with Crippen molar-refractivity contribution in [1.29, 1.82) is 0 Å². The summed E-state index contributed by atoms with van der Waals surface area (Å²) in [5.74, 6) is 1.34. The van der Waals surface area contributed by atoms with E-state index >= 15 is 0 Å². The molecule has 0 nitrogen and oxygen atoms in total. The molecule has 3 heteroatoms. The Morgan fingerprint density at radius 3 is 1.27 bits per heavy atom. The van der Waals surface area contributed by atoms with Crippen LogP contribution >= 0.6 is 0 Å². The first kappa shape index (κ1) is 34.2. The summed E-state index contributed by atoms with van der Waals surface area (Å²) in [6.07, 6.45) is 7.78. The molecular weight excluding hydrogens is 754 g/mol. The third-order valence-electron chi connectivity index (χ3n) is 10.3. The van der Waals surface area contributed by atoms with Crippen LogP contribution in [0.5, 0.6) is 0 Å².